The van der Waals surface area contributed by atoms with Crippen molar-refractivity contribution in [2.24, 2.45) is 5.92 Å². The Kier molecular flexibility index (Phi) is 4.61. The summed E-state index contributed by atoms with van der Waals surface area (Å²) in [4.78, 5) is 21.2. The third-order valence-electron chi connectivity index (χ3n) is 4.13. The third kappa shape index (κ3) is 3.69. The largest absolute Gasteiger partial charge is 0.349 e. The minimum Gasteiger partial charge on any atom is -0.349 e. The molecule has 0 saturated heterocycles. The summed E-state index contributed by atoms with van der Waals surface area (Å²) < 4.78 is 1.69. The first-order valence-electron chi connectivity index (χ1n) is 7.83. The highest BCUT2D eigenvalue weighted by Crippen LogP contribution is 2.28. The fraction of sp³-hybridized carbons (Fsp3) is 0.500. The van der Waals surface area contributed by atoms with Crippen LogP contribution in [0.25, 0.3) is 0 Å². The van der Waals surface area contributed by atoms with Crippen LogP contribution in [-0.4, -0.2) is 25.7 Å². The molecule has 1 aliphatic rings. The first-order valence-corrected chi connectivity index (χ1v) is 8.21. The summed E-state index contributed by atoms with van der Waals surface area (Å²) >= 11 is 5.85. The molecule has 1 amide bonds. The molecule has 122 valence electrons. The van der Waals surface area contributed by atoms with Crippen LogP contribution in [0.1, 0.15) is 42.9 Å². The summed E-state index contributed by atoms with van der Waals surface area (Å²) in [7, 11) is 0. The number of aryl methyl sites for hydroxylation is 2. The second-order valence-corrected chi connectivity index (χ2v) is 6.49. The molecule has 0 aliphatic heterocycles. The molecule has 0 saturated carbocycles. The molecule has 2 aromatic rings. The standard InChI is InChI=1S/C16H20ClN5O/c1-10(8-22-9-12(17)6-19-22)16(23)21-15-5-3-4-14-13(15)7-18-11(2)20-14/h6-7,9-10,15H,3-5,8H2,1-2H3,(H,21,23)/t10-,15+/m1/s1. The molecule has 1 N–H and O–H groups in total. The number of carbonyl (C=O) groups excluding carboxylic acids is 1. The van der Waals surface area contributed by atoms with Crippen LogP contribution in [0.5, 0.6) is 0 Å². The SMILES string of the molecule is Cc1ncc2c(n1)CCC[C@@H]2NC(=O)[C@H](C)Cn1cc(Cl)cn1. The van der Waals surface area contributed by atoms with Gasteiger partial charge in [-0.1, -0.05) is 18.5 Å². The van der Waals surface area contributed by atoms with Crippen LogP contribution in [0, 0.1) is 12.8 Å². The van der Waals surface area contributed by atoms with Crippen LogP contribution in [0.15, 0.2) is 18.6 Å². The number of aromatic nitrogens is 4. The number of hydrogen-bond acceptors (Lipinski definition) is 4. The topological polar surface area (TPSA) is 72.7 Å². The number of carbonyl (C=O) groups is 1. The predicted octanol–water partition coefficient (Wildman–Crippen LogP) is 2.46. The maximum absolute atomic E-state index is 12.5. The van der Waals surface area contributed by atoms with Crippen LogP contribution >= 0.6 is 11.6 Å². The van der Waals surface area contributed by atoms with Gasteiger partial charge in [-0.15, -0.1) is 0 Å². The summed E-state index contributed by atoms with van der Waals surface area (Å²) in [6, 6.07) is -0.00416. The summed E-state index contributed by atoms with van der Waals surface area (Å²) in [6.45, 7) is 4.28. The molecule has 0 spiro atoms. The van der Waals surface area contributed by atoms with Gasteiger partial charge in [-0.05, 0) is 26.2 Å². The van der Waals surface area contributed by atoms with Gasteiger partial charge in [0, 0.05) is 23.7 Å². The Morgan fingerprint density at radius 3 is 3.09 bits per heavy atom. The lowest BCUT2D eigenvalue weighted by molar-refractivity contribution is -0.125. The van der Waals surface area contributed by atoms with Crippen molar-refractivity contribution in [1.82, 2.24) is 25.1 Å². The second-order valence-electron chi connectivity index (χ2n) is 6.05. The summed E-state index contributed by atoms with van der Waals surface area (Å²) in [5.74, 6) is 0.595. The van der Waals surface area contributed by atoms with Crippen molar-refractivity contribution in [2.45, 2.75) is 45.7 Å². The van der Waals surface area contributed by atoms with E-state index in [1.807, 2.05) is 20.0 Å². The molecule has 2 heterocycles. The Balaban J connectivity index is 1.66. The molecule has 3 rings (SSSR count). The van der Waals surface area contributed by atoms with E-state index in [-0.39, 0.29) is 17.9 Å². The fourth-order valence-electron chi connectivity index (χ4n) is 2.91. The van der Waals surface area contributed by atoms with E-state index in [1.54, 1.807) is 17.1 Å². The van der Waals surface area contributed by atoms with E-state index in [9.17, 15) is 4.79 Å². The van der Waals surface area contributed by atoms with E-state index >= 15 is 0 Å². The Hall–Kier alpha value is -1.95. The van der Waals surface area contributed by atoms with E-state index in [0.717, 1.165) is 36.3 Å². The molecule has 0 aromatic carbocycles. The van der Waals surface area contributed by atoms with Crippen molar-refractivity contribution in [2.75, 3.05) is 0 Å². The van der Waals surface area contributed by atoms with Crippen molar-refractivity contribution in [3.05, 3.63) is 40.7 Å². The van der Waals surface area contributed by atoms with Gasteiger partial charge in [0.05, 0.1) is 29.7 Å². The predicted molar refractivity (Wildman–Crippen MR) is 87.0 cm³/mol. The van der Waals surface area contributed by atoms with Crippen molar-refractivity contribution in [3.63, 3.8) is 0 Å². The maximum atomic E-state index is 12.5. The average Bonchev–Trinajstić information content (AvgIpc) is 2.92. The second kappa shape index (κ2) is 6.66. The smallest absolute Gasteiger partial charge is 0.225 e. The number of halogens is 1. The van der Waals surface area contributed by atoms with Crippen LogP contribution in [-0.2, 0) is 17.8 Å². The lowest BCUT2D eigenvalue weighted by atomic mass is 9.92. The molecular weight excluding hydrogens is 314 g/mol. The van der Waals surface area contributed by atoms with E-state index in [2.05, 4.69) is 20.4 Å². The molecule has 0 radical (unpaired) electrons. The normalized spacial score (nSPS) is 18.3. The van der Waals surface area contributed by atoms with Gasteiger partial charge in [-0.2, -0.15) is 5.10 Å². The van der Waals surface area contributed by atoms with Crippen LogP contribution in [0.2, 0.25) is 5.02 Å². The number of fused-ring (bicyclic) bond motifs is 1. The van der Waals surface area contributed by atoms with Gasteiger partial charge in [0.15, 0.2) is 0 Å². The van der Waals surface area contributed by atoms with E-state index in [0.29, 0.717) is 11.6 Å². The quantitative estimate of drug-likeness (QED) is 0.932. The van der Waals surface area contributed by atoms with Crippen LogP contribution < -0.4 is 5.32 Å². The summed E-state index contributed by atoms with van der Waals surface area (Å²) in [5.41, 5.74) is 2.10. The summed E-state index contributed by atoms with van der Waals surface area (Å²) in [6.07, 6.45) is 8.04. The van der Waals surface area contributed by atoms with Crippen molar-refractivity contribution in [3.8, 4) is 0 Å². The van der Waals surface area contributed by atoms with Gasteiger partial charge >= 0.3 is 0 Å². The highest BCUT2D eigenvalue weighted by atomic mass is 35.5. The molecular formula is C16H20ClN5O. The fourth-order valence-corrected chi connectivity index (χ4v) is 3.07. The molecule has 0 fully saturated rings. The molecule has 0 unspecified atom stereocenters. The summed E-state index contributed by atoms with van der Waals surface area (Å²) in [5, 5.41) is 7.82. The highest BCUT2D eigenvalue weighted by molar-refractivity contribution is 6.30. The van der Waals surface area contributed by atoms with Crippen LogP contribution in [0.4, 0.5) is 0 Å². The monoisotopic (exact) mass is 333 g/mol. The van der Waals surface area contributed by atoms with Gasteiger partial charge in [0.2, 0.25) is 5.91 Å². The Morgan fingerprint density at radius 1 is 1.52 bits per heavy atom. The number of amides is 1. The molecule has 1 aliphatic carbocycles. The first kappa shape index (κ1) is 15.9. The number of rotatable bonds is 4. The number of nitrogens with zero attached hydrogens (tertiary/aromatic N) is 4. The molecule has 0 bridgehead atoms. The van der Waals surface area contributed by atoms with E-state index in [4.69, 9.17) is 11.6 Å². The van der Waals surface area contributed by atoms with Gasteiger partial charge in [0.25, 0.3) is 0 Å². The minimum atomic E-state index is -0.192. The zero-order valence-corrected chi connectivity index (χ0v) is 14.0. The third-order valence-corrected chi connectivity index (χ3v) is 4.32. The molecule has 2 atom stereocenters. The average molecular weight is 334 g/mol. The first-order chi connectivity index (χ1) is 11.0. The van der Waals surface area contributed by atoms with Gasteiger partial charge in [-0.25, -0.2) is 9.97 Å². The highest BCUT2D eigenvalue weighted by Gasteiger charge is 2.25. The van der Waals surface area contributed by atoms with Crippen molar-refractivity contribution in [1.29, 1.82) is 0 Å². The number of nitrogens with one attached hydrogen (secondary N) is 1. The van der Waals surface area contributed by atoms with E-state index in [1.165, 1.54) is 0 Å². The van der Waals surface area contributed by atoms with Crippen molar-refractivity contribution < 1.29 is 4.79 Å². The Morgan fingerprint density at radius 2 is 2.35 bits per heavy atom. The molecule has 2 aromatic heterocycles. The van der Waals surface area contributed by atoms with Crippen LogP contribution in [0.3, 0.4) is 0 Å². The minimum absolute atomic E-state index is 0.00416. The van der Waals surface area contributed by atoms with Crippen molar-refractivity contribution >= 4 is 17.5 Å². The van der Waals surface area contributed by atoms with Gasteiger partial charge in [0.1, 0.15) is 5.82 Å². The lowest BCUT2D eigenvalue weighted by Gasteiger charge is -2.26. The number of hydrogen-bond donors (Lipinski definition) is 1. The Labute approximate surface area is 140 Å². The molecule has 6 nitrogen and oxygen atoms in total. The zero-order valence-electron chi connectivity index (χ0n) is 13.3. The van der Waals surface area contributed by atoms with E-state index < -0.39 is 0 Å². The maximum Gasteiger partial charge on any atom is 0.225 e. The van der Waals surface area contributed by atoms with Gasteiger partial charge < -0.3 is 5.32 Å². The Bertz CT molecular complexity index is 714. The van der Waals surface area contributed by atoms with Gasteiger partial charge in [-0.3, -0.25) is 9.48 Å². The molecule has 23 heavy (non-hydrogen) atoms. The zero-order chi connectivity index (χ0) is 16.4. The molecule has 7 heteroatoms. The lowest BCUT2D eigenvalue weighted by Crippen LogP contribution is -2.36.